The molecule has 1 saturated heterocycles. The van der Waals surface area contributed by atoms with E-state index in [1.165, 1.54) is 12.1 Å². The van der Waals surface area contributed by atoms with Crippen molar-refractivity contribution in [3.8, 4) is 5.75 Å². The fourth-order valence-electron chi connectivity index (χ4n) is 1.92. The van der Waals surface area contributed by atoms with Crippen molar-refractivity contribution in [1.29, 1.82) is 0 Å². The highest BCUT2D eigenvalue weighted by Crippen LogP contribution is 2.24. The van der Waals surface area contributed by atoms with Gasteiger partial charge in [-0.15, -0.1) is 0 Å². The molecule has 18 heavy (non-hydrogen) atoms. The molecule has 4 nitrogen and oxygen atoms in total. The summed E-state index contributed by atoms with van der Waals surface area (Å²) >= 11 is 0. The number of oxime groups is 1. The van der Waals surface area contributed by atoms with Crippen molar-refractivity contribution < 1.29 is 19.1 Å². The molecule has 1 heterocycles. The van der Waals surface area contributed by atoms with Gasteiger partial charge in [0.15, 0.2) is 0 Å². The summed E-state index contributed by atoms with van der Waals surface area (Å²) in [5.41, 5.74) is 1.00. The number of rotatable bonds is 3. The third-order valence-corrected chi connectivity index (χ3v) is 2.95. The Morgan fingerprint density at radius 2 is 2.17 bits per heavy atom. The van der Waals surface area contributed by atoms with Crippen LogP contribution in [0.1, 0.15) is 25.3 Å². The molecule has 0 atom stereocenters. The first-order valence-electron chi connectivity index (χ1n) is 5.93. The Kier molecular flexibility index (Phi) is 4.15. The van der Waals surface area contributed by atoms with Gasteiger partial charge in [0.25, 0.3) is 0 Å². The van der Waals surface area contributed by atoms with Crippen molar-refractivity contribution in [3.63, 3.8) is 0 Å². The van der Waals surface area contributed by atoms with E-state index in [-0.39, 0.29) is 11.9 Å². The van der Waals surface area contributed by atoms with Crippen LogP contribution in [0.25, 0.3) is 0 Å². The molecule has 5 heteroatoms. The minimum atomic E-state index is -0.369. The highest BCUT2D eigenvalue weighted by molar-refractivity contribution is 6.00. The van der Waals surface area contributed by atoms with E-state index in [4.69, 9.17) is 14.7 Å². The maximum atomic E-state index is 13.3. The number of ether oxygens (including phenoxy) is 2. The second-order valence-electron chi connectivity index (χ2n) is 4.26. The van der Waals surface area contributed by atoms with Crippen LogP contribution in [0.4, 0.5) is 4.39 Å². The van der Waals surface area contributed by atoms with Gasteiger partial charge in [0, 0.05) is 24.5 Å². The van der Waals surface area contributed by atoms with Gasteiger partial charge in [-0.25, -0.2) is 4.39 Å². The Hall–Kier alpha value is -1.62. The number of benzene rings is 1. The molecule has 1 aromatic carbocycles. The quantitative estimate of drug-likeness (QED) is 0.511. The Morgan fingerprint density at radius 1 is 1.44 bits per heavy atom. The van der Waals surface area contributed by atoms with Gasteiger partial charge in [-0.2, -0.15) is 0 Å². The smallest absolute Gasteiger partial charge is 0.131 e. The average molecular weight is 253 g/mol. The van der Waals surface area contributed by atoms with E-state index in [2.05, 4.69) is 5.16 Å². The number of halogens is 1. The molecule has 2 rings (SSSR count). The second-order valence-corrected chi connectivity index (χ2v) is 4.26. The standard InChI is InChI=1S/C13H16FNO3/c1-9(15-16)12-3-2-10(14)8-13(12)18-11-4-6-17-7-5-11/h2-3,8,11,16H,4-7H2,1H3. The predicted octanol–water partition coefficient (Wildman–Crippen LogP) is 2.58. The van der Waals surface area contributed by atoms with E-state index in [1.54, 1.807) is 13.0 Å². The van der Waals surface area contributed by atoms with E-state index < -0.39 is 0 Å². The van der Waals surface area contributed by atoms with Gasteiger partial charge < -0.3 is 14.7 Å². The van der Waals surface area contributed by atoms with E-state index in [0.717, 1.165) is 12.8 Å². The van der Waals surface area contributed by atoms with Crippen molar-refractivity contribution in [3.05, 3.63) is 29.6 Å². The van der Waals surface area contributed by atoms with E-state index in [9.17, 15) is 4.39 Å². The van der Waals surface area contributed by atoms with Gasteiger partial charge in [0.05, 0.1) is 18.9 Å². The van der Waals surface area contributed by atoms with Gasteiger partial charge in [-0.3, -0.25) is 0 Å². The van der Waals surface area contributed by atoms with Crippen molar-refractivity contribution in [2.45, 2.75) is 25.9 Å². The van der Waals surface area contributed by atoms with Gasteiger partial charge in [0.1, 0.15) is 17.7 Å². The first-order valence-corrected chi connectivity index (χ1v) is 5.93. The maximum Gasteiger partial charge on any atom is 0.131 e. The normalized spacial score (nSPS) is 17.8. The summed E-state index contributed by atoms with van der Waals surface area (Å²) in [5.74, 6) is 0.0451. The zero-order chi connectivity index (χ0) is 13.0. The molecule has 0 bridgehead atoms. The van der Waals surface area contributed by atoms with Crippen LogP contribution in [0.3, 0.4) is 0 Å². The van der Waals surface area contributed by atoms with Crippen LogP contribution in [0, 0.1) is 5.82 Å². The molecule has 0 aromatic heterocycles. The zero-order valence-corrected chi connectivity index (χ0v) is 10.2. The highest BCUT2D eigenvalue weighted by Gasteiger charge is 2.18. The molecule has 1 fully saturated rings. The fourth-order valence-corrected chi connectivity index (χ4v) is 1.92. The molecule has 1 aliphatic heterocycles. The van der Waals surface area contributed by atoms with Crippen LogP contribution in [-0.4, -0.2) is 30.2 Å². The molecule has 1 aliphatic rings. The largest absolute Gasteiger partial charge is 0.489 e. The summed E-state index contributed by atoms with van der Waals surface area (Å²) in [7, 11) is 0. The first kappa shape index (κ1) is 12.8. The topological polar surface area (TPSA) is 51.1 Å². The molecular weight excluding hydrogens is 237 g/mol. The molecule has 98 valence electrons. The third kappa shape index (κ3) is 2.98. The van der Waals surface area contributed by atoms with Crippen LogP contribution >= 0.6 is 0 Å². The predicted molar refractivity (Wildman–Crippen MR) is 64.9 cm³/mol. The Balaban J connectivity index is 2.21. The van der Waals surface area contributed by atoms with E-state index in [0.29, 0.717) is 30.2 Å². The summed E-state index contributed by atoms with van der Waals surface area (Å²) in [6.07, 6.45) is 1.59. The monoisotopic (exact) mass is 253 g/mol. The van der Waals surface area contributed by atoms with Gasteiger partial charge in [-0.05, 0) is 19.1 Å². The summed E-state index contributed by atoms with van der Waals surface area (Å²) in [6.45, 7) is 2.95. The van der Waals surface area contributed by atoms with Crippen LogP contribution in [0.5, 0.6) is 5.75 Å². The average Bonchev–Trinajstić information content (AvgIpc) is 2.39. The fraction of sp³-hybridized carbons (Fsp3) is 0.462. The van der Waals surface area contributed by atoms with Crippen molar-refractivity contribution in [2.75, 3.05) is 13.2 Å². The molecule has 1 aromatic rings. The second kappa shape index (κ2) is 5.82. The lowest BCUT2D eigenvalue weighted by Gasteiger charge is -2.24. The first-order chi connectivity index (χ1) is 8.70. The molecular formula is C13H16FNO3. The van der Waals surface area contributed by atoms with Gasteiger partial charge in [-0.1, -0.05) is 5.16 Å². The van der Waals surface area contributed by atoms with Crippen molar-refractivity contribution in [1.82, 2.24) is 0 Å². The van der Waals surface area contributed by atoms with Crippen LogP contribution in [0.15, 0.2) is 23.4 Å². The van der Waals surface area contributed by atoms with E-state index in [1.807, 2.05) is 0 Å². The Labute approximate surface area is 105 Å². The van der Waals surface area contributed by atoms with Gasteiger partial charge in [0.2, 0.25) is 0 Å². The minimum absolute atomic E-state index is 0.0193. The third-order valence-electron chi connectivity index (χ3n) is 2.95. The van der Waals surface area contributed by atoms with Crippen molar-refractivity contribution >= 4 is 5.71 Å². The van der Waals surface area contributed by atoms with Crippen molar-refractivity contribution in [2.24, 2.45) is 5.16 Å². The van der Waals surface area contributed by atoms with E-state index >= 15 is 0 Å². The summed E-state index contributed by atoms with van der Waals surface area (Å²) in [5, 5.41) is 11.9. The zero-order valence-electron chi connectivity index (χ0n) is 10.2. The molecule has 0 aliphatic carbocycles. The molecule has 0 saturated carbocycles. The Morgan fingerprint density at radius 3 is 2.83 bits per heavy atom. The number of hydrogen-bond acceptors (Lipinski definition) is 4. The van der Waals surface area contributed by atoms with Gasteiger partial charge >= 0.3 is 0 Å². The lowest BCUT2D eigenvalue weighted by molar-refractivity contribution is 0.0254. The minimum Gasteiger partial charge on any atom is -0.489 e. The molecule has 0 amide bonds. The summed E-state index contributed by atoms with van der Waals surface area (Å²) in [6, 6.07) is 4.19. The molecule has 0 unspecified atom stereocenters. The maximum absolute atomic E-state index is 13.3. The molecule has 1 N–H and O–H groups in total. The number of hydrogen-bond donors (Lipinski definition) is 1. The summed E-state index contributed by atoms with van der Waals surface area (Å²) in [4.78, 5) is 0. The van der Waals surface area contributed by atoms with Crippen LogP contribution in [0.2, 0.25) is 0 Å². The lowest BCUT2D eigenvalue weighted by Crippen LogP contribution is -2.26. The Bertz CT molecular complexity index is 442. The summed E-state index contributed by atoms with van der Waals surface area (Å²) < 4.78 is 24.3. The number of nitrogens with zero attached hydrogens (tertiary/aromatic N) is 1. The van der Waals surface area contributed by atoms with Crippen LogP contribution in [-0.2, 0) is 4.74 Å². The molecule has 0 spiro atoms. The molecule has 0 radical (unpaired) electrons. The highest BCUT2D eigenvalue weighted by atomic mass is 19.1. The lowest BCUT2D eigenvalue weighted by atomic mass is 10.1. The van der Waals surface area contributed by atoms with Crippen LogP contribution < -0.4 is 4.74 Å². The SMILES string of the molecule is CC(=NO)c1ccc(F)cc1OC1CCOCC1.